The highest BCUT2D eigenvalue weighted by Gasteiger charge is 2.45. The topological polar surface area (TPSA) is 193 Å². The zero-order valence-electron chi connectivity index (χ0n) is 16.5. The number of anilines is 1. The Morgan fingerprint density at radius 2 is 1.87 bits per heavy atom. The molecule has 3 aromatic rings. The summed E-state index contributed by atoms with van der Waals surface area (Å²) in [5.41, 5.74) is 4.53. The second kappa shape index (κ2) is 7.70. The summed E-state index contributed by atoms with van der Waals surface area (Å²) in [4.78, 5) is 30.2. The summed E-state index contributed by atoms with van der Waals surface area (Å²) in [6.07, 6.45) is -5.54. The van der Waals surface area contributed by atoms with Crippen molar-refractivity contribution in [1.29, 1.82) is 0 Å². The minimum absolute atomic E-state index is 0.0258. The Balaban J connectivity index is 1.92. The van der Waals surface area contributed by atoms with Crippen LogP contribution >= 0.6 is 0 Å². The molecule has 1 saturated heterocycles. The summed E-state index contributed by atoms with van der Waals surface area (Å²) >= 11 is 0. The third-order valence-corrected chi connectivity index (χ3v) is 5.31. The Kier molecular flexibility index (Phi) is 5.18. The van der Waals surface area contributed by atoms with Gasteiger partial charge in [0.25, 0.3) is 5.56 Å². The van der Waals surface area contributed by atoms with Crippen LogP contribution in [-0.4, -0.2) is 66.1 Å². The molecule has 4 rings (SSSR count). The van der Waals surface area contributed by atoms with Crippen LogP contribution in [0.25, 0.3) is 11.2 Å². The number of rotatable bonds is 5. The van der Waals surface area contributed by atoms with E-state index in [-0.39, 0.29) is 23.7 Å². The molecule has 13 heteroatoms. The summed E-state index contributed by atoms with van der Waals surface area (Å²) in [7, 11) is 1.52. The summed E-state index contributed by atoms with van der Waals surface area (Å²) in [5.74, 6) is 5.93. The van der Waals surface area contributed by atoms with Gasteiger partial charge in [-0.05, 0) is 17.7 Å². The van der Waals surface area contributed by atoms with Crippen LogP contribution in [0.5, 0.6) is 5.75 Å². The summed E-state index contributed by atoms with van der Waals surface area (Å²) in [5, 5.41) is 29.9. The minimum atomic E-state index is -1.56. The van der Waals surface area contributed by atoms with E-state index in [1.807, 2.05) is 0 Å². The van der Waals surface area contributed by atoms with Crippen molar-refractivity contribution >= 4 is 17.1 Å². The SMILES string of the molecule is COc1ccc(Cn2c(=O)n([C@@H]3O[C@H](CO)[C@@H](O)[C@H]3O)c3nc(N)n(N)c(=O)c32)cc1. The molecule has 2 aromatic heterocycles. The lowest BCUT2D eigenvalue weighted by Crippen LogP contribution is -2.36. The van der Waals surface area contributed by atoms with Gasteiger partial charge in [0.2, 0.25) is 5.95 Å². The quantitative estimate of drug-likeness (QED) is 0.264. The molecule has 0 unspecified atom stereocenters. The van der Waals surface area contributed by atoms with Crippen molar-refractivity contribution in [3.63, 3.8) is 0 Å². The Hall–Kier alpha value is -3.39. The molecule has 166 valence electrons. The van der Waals surface area contributed by atoms with Gasteiger partial charge in [-0.3, -0.25) is 9.36 Å². The van der Waals surface area contributed by atoms with E-state index in [2.05, 4.69) is 4.98 Å². The summed E-state index contributed by atoms with van der Waals surface area (Å²) in [6.45, 7) is -0.610. The second-order valence-electron chi connectivity index (χ2n) is 7.13. The van der Waals surface area contributed by atoms with Crippen molar-refractivity contribution in [2.75, 3.05) is 25.3 Å². The molecule has 1 aromatic carbocycles. The van der Waals surface area contributed by atoms with Gasteiger partial charge in [-0.25, -0.2) is 9.36 Å². The van der Waals surface area contributed by atoms with E-state index in [1.54, 1.807) is 24.3 Å². The highest BCUT2D eigenvalue weighted by Crippen LogP contribution is 2.30. The van der Waals surface area contributed by atoms with Gasteiger partial charge in [-0.1, -0.05) is 12.1 Å². The number of methoxy groups -OCH3 is 1. The number of aromatic nitrogens is 4. The average molecular weight is 434 g/mol. The first-order valence-corrected chi connectivity index (χ1v) is 9.32. The van der Waals surface area contributed by atoms with Crippen molar-refractivity contribution < 1.29 is 24.8 Å². The fourth-order valence-electron chi connectivity index (χ4n) is 3.63. The van der Waals surface area contributed by atoms with E-state index in [4.69, 9.17) is 21.1 Å². The van der Waals surface area contributed by atoms with Crippen molar-refractivity contribution in [3.05, 3.63) is 50.7 Å². The first-order valence-electron chi connectivity index (χ1n) is 9.32. The molecule has 1 aliphatic heterocycles. The van der Waals surface area contributed by atoms with Crippen LogP contribution in [0.2, 0.25) is 0 Å². The second-order valence-corrected chi connectivity index (χ2v) is 7.13. The number of hydrogen-bond acceptors (Lipinski definition) is 10. The van der Waals surface area contributed by atoms with E-state index in [1.165, 1.54) is 7.11 Å². The number of aliphatic hydroxyl groups is 3. The van der Waals surface area contributed by atoms with Crippen LogP contribution in [0.1, 0.15) is 11.8 Å². The van der Waals surface area contributed by atoms with Crippen LogP contribution in [0.4, 0.5) is 5.95 Å². The number of benzene rings is 1. The predicted molar refractivity (Wildman–Crippen MR) is 108 cm³/mol. The van der Waals surface area contributed by atoms with Gasteiger partial charge in [0, 0.05) is 0 Å². The molecule has 31 heavy (non-hydrogen) atoms. The fraction of sp³-hybridized carbons (Fsp3) is 0.389. The van der Waals surface area contributed by atoms with Crippen molar-refractivity contribution in [2.45, 2.75) is 31.1 Å². The van der Waals surface area contributed by atoms with Crippen molar-refractivity contribution in [2.24, 2.45) is 0 Å². The number of nitrogens with two attached hydrogens (primary N) is 2. The molecule has 0 spiro atoms. The first-order chi connectivity index (χ1) is 14.8. The van der Waals surface area contributed by atoms with E-state index in [9.17, 15) is 24.9 Å². The molecule has 7 N–H and O–H groups in total. The van der Waals surface area contributed by atoms with Gasteiger partial charge in [0.1, 0.15) is 24.1 Å². The first kappa shape index (κ1) is 20.9. The van der Waals surface area contributed by atoms with Crippen LogP contribution < -0.4 is 27.6 Å². The Bertz CT molecular complexity index is 1230. The standard InChI is InChI=1S/C18H22N6O7/c1-30-9-4-2-8(3-5-9)6-22-11-14(21-17(19)24(20)15(11)28)23(18(22)29)16-13(27)12(26)10(7-25)31-16/h2-5,10,12-13,16,25-27H,6-7,20H2,1H3,(H2,19,21)/t10-,12-,13-,16-/m1/s1. The minimum Gasteiger partial charge on any atom is -0.497 e. The highest BCUT2D eigenvalue weighted by atomic mass is 16.6. The lowest BCUT2D eigenvalue weighted by Gasteiger charge is -2.16. The van der Waals surface area contributed by atoms with Gasteiger partial charge in [0.05, 0.1) is 20.3 Å². The van der Waals surface area contributed by atoms with Gasteiger partial charge in [-0.15, -0.1) is 0 Å². The predicted octanol–water partition coefficient (Wildman–Crippen LogP) is -2.68. The maximum atomic E-state index is 13.3. The molecule has 0 saturated carbocycles. The van der Waals surface area contributed by atoms with Crippen molar-refractivity contribution in [3.8, 4) is 5.75 Å². The van der Waals surface area contributed by atoms with Crippen molar-refractivity contribution in [1.82, 2.24) is 18.8 Å². The average Bonchev–Trinajstić information content (AvgIpc) is 3.20. The molecule has 0 bridgehead atoms. The fourth-order valence-corrected chi connectivity index (χ4v) is 3.63. The number of nitrogens with zero attached hydrogens (tertiary/aromatic N) is 4. The normalized spacial score (nSPS) is 23.5. The monoisotopic (exact) mass is 434 g/mol. The Labute approximate surface area is 174 Å². The van der Waals surface area contributed by atoms with E-state index >= 15 is 0 Å². The molecule has 1 aliphatic rings. The molecule has 0 amide bonds. The molecule has 0 radical (unpaired) electrons. The number of aliphatic hydroxyl groups excluding tert-OH is 3. The third kappa shape index (κ3) is 3.23. The van der Waals surface area contributed by atoms with Gasteiger partial charge >= 0.3 is 5.69 Å². The Morgan fingerprint density at radius 3 is 2.45 bits per heavy atom. The van der Waals surface area contributed by atoms with E-state index in [0.29, 0.717) is 16.0 Å². The van der Waals surface area contributed by atoms with E-state index < -0.39 is 42.4 Å². The zero-order valence-corrected chi connectivity index (χ0v) is 16.5. The molecule has 1 fully saturated rings. The summed E-state index contributed by atoms with van der Waals surface area (Å²) in [6, 6.07) is 6.82. The third-order valence-electron chi connectivity index (χ3n) is 5.31. The Morgan fingerprint density at radius 1 is 1.19 bits per heavy atom. The largest absolute Gasteiger partial charge is 0.497 e. The molecular formula is C18H22N6O7. The van der Waals surface area contributed by atoms with Gasteiger partial charge in [-0.2, -0.15) is 9.66 Å². The smallest absolute Gasteiger partial charge is 0.333 e. The summed E-state index contributed by atoms with van der Waals surface area (Å²) < 4.78 is 13.3. The van der Waals surface area contributed by atoms with E-state index in [0.717, 1.165) is 9.13 Å². The highest BCUT2D eigenvalue weighted by molar-refractivity contribution is 5.72. The number of nitrogen functional groups attached to an aromatic ring is 2. The molecule has 4 atom stereocenters. The molecule has 3 heterocycles. The number of hydrogen-bond donors (Lipinski definition) is 5. The van der Waals surface area contributed by atoms with Crippen LogP contribution in [0, 0.1) is 0 Å². The van der Waals surface area contributed by atoms with Crippen LogP contribution in [0.15, 0.2) is 33.9 Å². The number of ether oxygens (including phenoxy) is 2. The molecule has 13 nitrogen and oxygen atoms in total. The lowest BCUT2D eigenvalue weighted by atomic mass is 10.1. The van der Waals surface area contributed by atoms with Gasteiger partial charge in [0.15, 0.2) is 17.4 Å². The van der Waals surface area contributed by atoms with Crippen LogP contribution in [0.3, 0.4) is 0 Å². The molecule has 0 aliphatic carbocycles. The van der Waals surface area contributed by atoms with Crippen LogP contribution in [-0.2, 0) is 11.3 Å². The number of fused-ring (bicyclic) bond motifs is 1. The zero-order chi connectivity index (χ0) is 22.4. The maximum Gasteiger partial charge on any atom is 0.333 e. The molecular weight excluding hydrogens is 412 g/mol. The number of imidazole rings is 1. The lowest BCUT2D eigenvalue weighted by molar-refractivity contribution is -0.0527. The maximum absolute atomic E-state index is 13.3. The van der Waals surface area contributed by atoms with Gasteiger partial charge < -0.3 is 36.4 Å².